The fraction of sp³-hybridized carbons (Fsp3) is 0.167. The molecule has 1 N–H and O–H groups in total. The number of amides is 1. The van der Waals surface area contributed by atoms with Gasteiger partial charge in [0.25, 0.3) is 0 Å². The van der Waals surface area contributed by atoms with E-state index in [1.54, 1.807) is 24.3 Å². The number of nitrogens with one attached hydrogen (secondary N) is 1. The van der Waals surface area contributed by atoms with Gasteiger partial charge in [-0.25, -0.2) is 0 Å². The van der Waals surface area contributed by atoms with E-state index in [-0.39, 0.29) is 5.91 Å². The van der Waals surface area contributed by atoms with E-state index in [0.29, 0.717) is 23.1 Å². The summed E-state index contributed by atoms with van der Waals surface area (Å²) in [6, 6.07) is 12.6. The molecule has 0 atom stereocenters. The number of carbonyl (C=O) groups excluding carboxylic acids is 1. The molecule has 0 saturated carbocycles. The lowest BCUT2D eigenvalue weighted by molar-refractivity contribution is -0.111. The Hall–Kier alpha value is -2.46. The fourth-order valence-corrected chi connectivity index (χ4v) is 2.26. The van der Waals surface area contributed by atoms with Gasteiger partial charge in [0.1, 0.15) is 11.5 Å². The first-order chi connectivity index (χ1) is 11.1. The Morgan fingerprint density at radius 2 is 2.00 bits per heavy atom. The number of anilines is 1. The lowest BCUT2D eigenvalue weighted by atomic mass is 10.2. The van der Waals surface area contributed by atoms with Crippen molar-refractivity contribution in [3.8, 4) is 11.5 Å². The Kier molecular flexibility index (Phi) is 6.06. The van der Waals surface area contributed by atoms with Gasteiger partial charge in [-0.3, -0.25) is 4.79 Å². The van der Waals surface area contributed by atoms with Crippen LogP contribution in [0.5, 0.6) is 11.5 Å². The molecule has 2 aromatic rings. The summed E-state index contributed by atoms with van der Waals surface area (Å²) in [5.41, 5.74) is 1.45. The molecule has 0 aromatic heterocycles. The van der Waals surface area contributed by atoms with Crippen LogP contribution in [0.2, 0.25) is 5.02 Å². The second-order valence-electron chi connectivity index (χ2n) is 4.64. The second kappa shape index (κ2) is 8.25. The Morgan fingerprint density at radius 1 is 1.22 bits per heavy atom. The summed E-state index contributed by atoms with van der Waals surface area (Å²) in [5, 5.41) is 3.19. The predicted octanol–water partition coefficient (Wildman–Crippen LogP) is 4.40. The highest BCUT2D eigenvalue weighted by Crippen LogP contribution is 2.27. The van der Waals surface area contributed by atoms with Crippen molar-refractivity contribution in [2.24, 2.45) is 0 Å². The van der Waals surface area contributed by atoms with Crippen molar-refractivity contribution in [3.05, 3.63) is 59.1 Å². The summed E-state index contributed by atoms with van der Waals surface area (Å²) in [6.45, 7) is 2.49. The molecule has 0 aliphatic heterocycles. The average molecular weight is 332 g/mol. The van der Waals surface area contributed by atoms with E-state index in [9.17, 15) is 4.79 Å². The number of methoxy groups -OCH3 is 1. The molecule has 0 spiro atoms. The van der Waals surface area contributed by atoms with Crippen LogP contribution in [0.1, 0.15) is 12.5 Å². The van der Waals surface area contributed by atoms with Crippen LogP contribution >= 0.6 is 11.6 Å². The minimum atomic E-state index is -0.252. The van der Waals surface area contributed by atoms with E-state index in [1.165, 1.54) is 13.2 Å². The molecule has 4 nitrogen and oxygen atoms in total. The fourth-order valence-electron chi connectivity index (χ4n) is 2.00. The maximum atomic E-state index is 12.0. The topological polar surface area (TPSA) is 47.6 Å². The Labute approximate surface area is 140 Å². The molecule has 1 amide bonds. The first-order valence-corrected chi connectivity index (χ1v) is 7.56. The number of hydrogen-bond donors (Lipinski definition) is 1. The third-order valence-corrected chi connectivity index (χ3v) is 3.35. The van der Waals surface area contributed by atoms with Gasteiger partial charge in [-0.15, -0.1) is 0 Å². The van der Waals surface area contributed by atoms with E-state index in [1.807, 2.05) is 31.2 Å². The standard InChI is InChI=1S/C18H18ClNO3/c1-3-23-16-7-5-4-6-13(16)8-11-18(21)20-14-9-10-17(22-2)15(19)12-14/h4-12H,3H2,1-2H3,(H,20,21). The lowest BCUT2D eigenvalue weighted by Crippen LogP contribution is -2.07. The number of benzene rings is 2. The number of para-hydroxylation sites is 1. The second-order valence-corrected chi connectivity index (χ2v) is 5.05. The van der Waals surface area contributed by atoms with Crippen LogP contribution in [-0.4, -0.2) is 19.6 Å². The Morgan fingerprint density at radius 3 is 2.70 bits per heavy atom. The zero-order valence-electron chi connectivity index (χ0n) is 13.0. The minimum absolute atomic E-state index is 0.252. The molecule has 2 rings (SSSR count). The number of ether oxygens (including phenoxy) is 2. The third-order valence-electron chi connectivity index (χ3n) is 3.05. The Balaban J connectivity index is 2.06. The zero-order valence-corrected chi connectivity index (χ0v) is 13.8. The Bertz CT molecular complexity index is 713. The lowest BCUT2D eigenvalue weighted by Gasteiger charge is -2.07. The largest absolute Gasteiger partial charge is 0.495 e. The molecule has 23 heavy (non-hydrogen) atoms. The highest BCUT2D eigenvalue weighted by molar-refractivity contribution is 6.32. The van der Waals surface area contributed by atoms with E-state index in [2.05, 4.69) is 5.32 Å². The summed E-state index contributed by atoms with van der Waals surface area (Å²) >= 11 is 6.03. The smallest absolute Gasteiger partial charge is 0.248 e. The number of hydrogen-bond acceptors (Lipinski definition) is 3. The molecule has 0 aliphatic carbocycles. The van der Waals surface area contributed by atoms with Gasteiger partial charge in [0.2, 0.25) is 5.91 Å². The first kappa shape index (κ1) is 16.9. The normalized spacial score (nSPS) is 10.6. The van der Waals surface area contributed by atoms with E-state index >= 15 is 0 Å². The quantitative estimate of drug-likeness (QED) is 0.798. The summed E-state index contributed by atoms with van der Waals surface area (Å²) in [6.07, 6.45) is 3.17. The highest BCUT2D eigenvalue weighted by Gasteiger charge is 2.04. The average Bonchev–Trinajstić information content (AvgIpc) is 2.54. The molecular formula is C18H18ClNO3. The van der Waals surface area contributed by atoms with Crippen molar-refractivity contribution in [1.29, 1.82) is 0 Å². The first-order valence-electron chi connectivity index (χ1n) is 7.18. The zero-order chi connectivity index (χ0) is 16.7. The minimum Gasteiger partial charge on any atom is -0.495 e. The summed E-state index contributed by atoms with van der Waals surface area (Å²) < 4.78 is 10.6. The summed E-state index contributed by atoms with van der Waals surface area (Å²) in [5.74, 6) is 1.05. The molecule has 0 unspecified atom stereocenters. The number of rotatable bonds is 6. The molecule has 0 fully saturated rings. The monoisotopic (exact) mass is 331 g/mol. The molecule has 2 aromatic carbocycles. The van der Waals surface area contributed by atoms with Crippen molar-refractivity contribution in [2.45, 2.75) is 6.92 Å². The van der Waals surface area contributed by atoms with Gasteiger partial charge >= 0.3 is 0 Å². The van der Waals surface area contributed by atoms with Crippen LogP contribution < -0.4 is 14.8 Å². The number of halogens is 1. The van der Waals surface area contributed by atoms with Crippen LogP contribution in [-0.2, 0) is 4.79 Å². The van der Waals surface area contributed by atoms with Crippen molar-refractivity contribution in [2.75, 3.05) is 19.0 Å². The van der Waals surface area contributed by atoms with Gasteiger partial charge in [-0.05, 0) is 37.3 Å². The van der Waals surface area contributed by atoms with E-state index in [4.69, 9.17) is 21.1 Å². The molecule has 5 heteroatoms. The van der Waals surface area contributed by atoms with Crippen molar-refractivity contribution in [1.82, 2.24) is 0 Å². The van der Waals surface area contributed by atoms with Crippen LogP contribution in [0.15, 0.2) is 48.5 Å². The molecule has 0 radical (unpaired) electrons. The predicted molar refractivity (Wildman–Crippen MR) is 93.3 cm³/mol. The van der Waals surface area contributed by atoms with Gasteiger partial charge < -0.3 is 14.8 Å². The summed E-state index contributed by atoms with van der Waals surface area (Å²) in [4.78, 5) is 12.0. The maximum Gasteiger partial charge on any atom is 0.248 e. The summed E-state index contributed by atoms with van der Waals surface area (Å²) in [7, 11) is 1.54. The van der Waals surface area contributed by atoms with Gasteiger partial charge in [0, 0.05) is 17.3 Å². The van der Waals surface area contributed by atoms with Crippen LogP contribution in [0, 0.1) is 0 Å². The molecule has 0 aliphatic rings. The molecular weight excluding hydrogens is 314 g/mol. The SMILES string of the molecule is CCOc1ccccc1C=CC(=O)Nc1ccc(OC)c(Cl)c1. The van der Waals surface area contributed by atoms with Crippen molar-refractivity contribution in [3.63, 3.8) is 0 Å². The van der Waals surface area contributed by atoms with Gasteiger partial charge in [-0.1, -0.05) is 29.8 Å². The third kappa shape index (κ3) is 4.76. The molecule has 0 saturated heterocycles. The van der Waals surface area contributed by atoms with Gasteiger partial charge in [0.15, 0.2) is 0 Å². The maximum absolute atomic E-state index is 12.0. The molecule has 120 valence electrons. The van der Waals surface area contributed by atoms with Crippen molar-refractivity contribution >= 4 is 29.3 Å². The highest BCUT2D eigenvalue weighted by atomic mass is 35.5. The number of carbonyl (C=O) groups is 1. The molecule has 0 heterocycles. The van der Waals surface area contributed by atoms with Crippen LogP contribution in [0.3, 0.4) is 0 Å². The van der Waals surface area contributed by atoms with Crippen LogP contribution in [0.4, 0.5) is 5.69 Å². The van der Waals surface area contributed by atoms with Gasteiger partial charge in [0.05, 0.1) is 18.7 Å². The van der Waals surface area contributed by atoms with Crippen LogP contribution in [0.25, 0.3) is 6.08 Å². The van der Waals surface area contributed by atoms with E-state index in [0.717, 1.165) is 11.3 Å². The molecule has 0 bridgehead atoms. The van der Waals surface area contributed by atoms with Gasteiger partial charge in [-0.2, -0.15) is 0 Å². The van der Waals surface area contributed by atoms with E-state index < -0.39 is 0 Å². The van der Waals surface area contributed by atoms with Crippen molar-refractivity contribution < 1.29 is 14.3 Å².